The maximum absolute atomic E-state index is 12.4. The molecule has 0 unspecified atom stereocenters. The molecule has 3 aromatic rings. The molecule has 0 amide bonds. The standard InChI is InChI=1S/C24H18BrNO4/c1-28-21-13-7-11-17(22(21)29-15-18-10-5-6-12-19(18)25)14-20-24(27)30-23(26-20)16-8-3-2-4-9-16/h2-14H,15H2,1H3/b20-14-. The van der Waals surface area contributed by atoms with Crippen LogP contribution in [-0.4, -0.2) is 19.0 Å². The van der Waals surface area contributed by atoms with Gasteiger partial charge in [0.2, 0.25) is 5.90 Å². The summed E-state index contributed by atoms with van der Waals surface area (Å²) in [7, 11) is 1.58. The van der Waals surface area contributed by atoms with Gasteiger partial charge in [0, 0.05) is 21.2 Å². The van der Waals surface area contributed by atoms with Crippen LogP contribution in [0.5, 0.6) is 11.5 Å². The van der Waals surface area contributed by atoms with Crippen LogP contribution in [0.2, 0.25) is 0 Å². The van der Waals surface area contributed by atoms with Gasteiger partial charge in [-0.15, -0.1) is 0 Å². The Balaban J connectivity index is 1.66. The number of esters is 1. The predicted molar refractivity (Wildman–Crippen MR) is 119 cm³/mol. The van der Waals surface area contributed by atoms with E-state index in [-0.39, 0.29) is 11.6 Å². The Labute approximate surface area is 182 Å². The summed E-state index contributed by atoms with van der Waals surface area (Å²) in [6.45, 7) is 0.334. The highest BCUT2D eigenvalue weighted by Gasteiger charge is 2.25. The van der Waals surface area contributed by atoms with Crippen molar-refractivity contribution in [3.63, 3.8) is 0 Å². The second-order valence-electron chi connectivity index (χ2n) is 6.46. The number of nitrogens with zero attached hydrogens (tertiary/aromatic N) is 1. The quantitative estimate of drug-likeness (QED) is 0.363. The van der Waals surface area contributed by atoms with Gasteiger partial charge in [-0.25, -0.2) is 9.79 Å². The van der Waals surface area contributed by atoms with Gasteiger partial charge in [-0.1, -0.05) is 64.5 Å². The number of halogens is 1. The third-order valence-electron chi connectivity index (χ3n) is 4.49. The molecular formula is C24H18BrNO4. The zero-order chi connectivity index (χ0) is 20.9. The van der Waals surface area contributed by atoms with E-state index in [2.05, 4.69) is 20.9 Å². The molecule has 150 valence electrons. The van der Waals surface area contributed by atoms with Crippen LogP contribution in [0.3, 0.4) is 0 Å². The van der Waals surface area contributed by atoms with Crippen LogP contribution in [0.4, 0.5) is 0 Å². The van der Waals surface area contributed by atoms with E-state index < -0.39 is 5.97 Å². The molecule has 0 aromatic heterocycles. The van der Waals surface area contributed by atoms with E-state index >= 15 is 0 Å². The highest BCUT2D eigenvalue weighted by atomic mass is 79.9. The number of para-hydroxylation sites is 1. The van der Waals surface area contributed by atoms with Crippen molar-refractivity contribution in [2.75, 3.05) is 7.11 Å². The third kappa shape index (κ3) is 4.28. The van der Waals surface area contributed by atoms with Crippen LogP contribution in [0.25, 0.3) is 6.08 Å². The summed E-state index contributed by atoms with van der Waals surface area (Å²) in [6.07, 6.45) is 1.65. The number of ether oxygens (including phenoxy) is 3. The number of hydrogen-bond acceptors (Lipinski definition) is 5. The first kappa shape index (κ1) is 19.9. The van der Waals surface area contributed by atoms with Crippen molar-refractivity contribution in [2.24, 2.45) is 4.99 Å². The number of rotatable bonds is 6. The molecule has 1 aliphatic rings. The number of methoxy groups -OCH3 is 1. The number of benzene rings is 3. The van der Waals surface area contributed by atoms with Crippen molar-refractivity contribution >= 4 is 33.9 Å². The van der Waals surface area contributed by atoms with Crippen LogP contribution in [0, 0.1) is 0 Å². The van der Waals surface area contributed by atoms with E-state index in [0.717, 1.165) is 15.6 Å². The Bertz CT molecular complexity index is 1140. The van der Waals surface area contributed by atoms with Gasteiger partial charge in [0.05, 0.1) is 7.11 Å². The highest BCUT2D eigenvalue weighted by Crippen LogP contribution is 2.34. The Kier molecular flexibility index (Phi) is 5.95. The van der Waals surface area contributed by atoms with Gasteiger partial charge in [0.25, 0.3) is 0 Å². The molecule has 0 aliphatic carbocycles. The first-order valence-electron chi connectivity index (χ1n) is 9.27. The van der Waals surface area contributed by atoms with Gasteiger partial charge in [-0.3, -0.25) is 0 Å². The molecule has 1 aliphatic heterocycles. The summed E-state index contributed by atoms with van der Waals surface area (Å²) in [5.74, 6) is 0.869. The van der Waals surface area contributed by atoms with E-state index in [1.54, 1.807) is 13.2 Å². The number of aliphatic imine (C=N–C) groups is 1. The first-order valence-corrected chi connectivity index (χ1v) is 10.1. The molecule has 0 saturated heterocycles. The average molecular weight is 464 g/mol. The van der Waals surface area contributed by atoms with Gasteiger partial charge in [-0.05, 0) is 30.3 Å². The predicted octanol–water partition coefficient (Wildman–Crippen LogP) is 5.38. The largest absolute Gasteiger partial charge is 0.493 e. The fourth-order valence-corrected chi connectivity index (χ4v) is 3.39. The van der Waals surface area contributed by atoms with Gasteiger partial charge >= 0.3 is 5.97 Å². The maximum atomic E-state index is 12.4. The Hall–Kier alpha value is -3.38. The van der Waals surface area contributed by atoms with E-state index in [1.165, 1.54) is 0 Å². The third-order valence-corrected chi connectivity index (χ3v) is 5.27. The average Bonchev–Trinajstić information content (AvgIpc) is 3.14. The van der Waals surface area contributed by atoms with E-state index in [4.69, 9.17) is 14.2 Å². The summed E-state index contributed by atoms with van der Waals surface area (Å²) >= 11 is 3.53. The smallest absolute Gasteiger partial charge is 0.363 e. The summed E-state index contributed by atoms with van der Waals surface area (Å²) in [4.78, 5) is 16.7. The molecule has 1 heterocycles. The molecule has 6 heteroatoms. The van der Waals surface area contributed by atoms with Gasteiger partial charge in [-0.2, -0.15) is 0 Å². The molecule has 4 rings (SSSR count). The molecule has 0 fully saturated rings. The number of hydrogen-bond donors (Lipinski definition) is 0. The number of carbonyl (C=O) groups excluding carboxylic acids is 1. The van der Waals surface area contributed by atoms with Crippen LogP contribution >= 0.6 is 15.9 Å². The molecule has 0 bridgehead atoms. The zero-order valence-electron chi connectivity index (χ0n) is 16.2. The molecule has 5 nitrogen and oxygen atoms in total. The molecule has 0 N–H and O–H groups in total. The summed E-state index contributed by atoms with van der Waals surface area (Å²) in [5, 5.41) is 0. The van der Waals surface area contributed by atoms with Crippen molar-refractivity contribution in [3.05, 3.63) is 99.7 Å². The normalized spacial score (nSPS) is 14.4. The Morgan fingerprint density at radius 2 is 1.77 bits per heavy atom. The minimum Gasteiger partial charge on any atom is -0.493 e. The second-order valence-corrected chi connectivity index (χ2v) is 7.32. The lowest BCUT2D eigenvalue weighted by Gasteiger charge is -2.14. The van der Waals surface area contributed by atoms with E-state index in [1.807, 2.05) is 72.8 Å². The minimum atomic E-state index is -0.506. The lowest BCUT2D eigenvalue weighted by Crippen LogP contribution is -2.05. The second kappa shape index (κ2) is 8.97. The van der Waals surface area contributed by atoms with E-state index in [0.29, 0.717) is 23.7 Å². The van der Waals surface area contributed by atoms with Gasteiger partial charge in [0.15, 0.2) is 17.2 Å². The van der Waals surface area contributed by atoms with Crippen molar-refractivity contribution in [3.8, 4) is 11.5 Å². The summed E-state index contributed by atoms with van der Waals surface area (Å²) in [6, 6.07) is 22.6. The van der Waals surface area contributed by atoms with Crippen molar-refractivity contribution in [2.45, 2.75) is 6.61 Å². The number of carbonyl (C=O) groups is 1. The summed E-state index contributed by atoms with van der Waals surface area (Å²) < 4.78 is 17.8. The summed E-state index contributed by atoms with van der Waals surface area (Å²) in [5.41, 5.74) is 2.61. The topological polar surface area (TPSA) is 57.1 Å². The van der Waals surface area contributed by atoms with Crippen LogP contribution in [-0.2, 0) is 16.1 Å². The monoisotopic (exact) mass is 463 g/mol. The van der Waals surface area contributed by atoms with E-state index in [9.17, 15) is 4.79 Å². The highest BCUT2D eigenvalue weighted by molar-refractivity contribution is 9.10. The SMILES string of the molecule is COc1cccc(/C=C2\N=C(c3ccccc3)OC2=O)c1OCc1ccccc1Br. The first-order chi connectivity index (χ1) is 14.7. The fourth-order valence-electron chi connectivity index (χ4n) is 2.99. The molecular weight excluding hydrogens is 446 g/mol. The lowest BCUT2D eigenvalue weighted by molar-refractivity contribution is -0.129. The Morgan fingerprint density at radius 1 is 1.00 bits per heavy atom. The van der Waals surface area contributed by atoms with Gasteiger partial charge in [0.1, 0.15) is 6.61 Å². The molecule has 3 aromatic carbocycles. The lowest BCUT2D eigenvalue weighted by atomic mass is 10.1. The van der Waals surface area contributed by atoms with Crippen LogP contribution in [0.1, 0.15) is 16.7 Å². The maximum Gasteiger partial charge on any atom is 0.363 e. The molecule has 0 radical (unpaired) electrons. The van der Waals surface area contributed by atoms with Crippen molar-refractivity contribution in [1.29, 1.82) is 0 Å². The number of cyclic esters (lactones) is 1. The van der Waals surface area contributed by atoms with Crippen LogP contribution < -0.4 is 9.47 Å². The molecule has 0 spiro atoms. The van der Waals surface area contributed by atoms with Crippen LogP contribution in [0.15, 0.2) is 88.0 Å². The Morgan fingerprint density at radius 3 is 2.53 bits per heavy atom. The molecule has 0 saturated carbocycles. The molecule has 30 heavy (non-hydrogen) atoms. The minimum absolute atomic E-state index is 0.202. The zero-order valence-corrected chi connectivity index (χ0v) is 17.8. The van der Waals surface area contributed by atoms with Crippen molar-refractivity contribution in [1.82, 2.24) is 0 Å². The van der Waals surface area contributed by atoms with Gasteiger partial charge < -0.3 is 14.2 Å². The molecule has 0 atom stereocenters. The fraction of sp³-hybridized carbons (Fsp3) is 0.0833. The van der Waals surface area contributed by atoms with Crippen molar-refractivity contribution < 1.29 is 19.0 Å².